The predicted molar refractivity (Wildman–Crippen MR) is 124 cm³/mol. The Kier molecular flexibility index (Phi) is 7.63. The Bertz CT molecular complexity index is 1160. The number of benzene rings is 2. The van der Waals surface area contributed by atoms with E-state index in [1.807, 2.05) is 56.1 Å². The van der Waals surface area contributed by atoms with Crippen LogP contribution in [0.25, 0.3) is 0 Å². The van der Waals surface area contributed by atoms with Gasteiger partial charge >= 0.3 is 0 Å². The van der Waals surface area contributed by atoms with Gasteiger partial charge in [0, 0.05) is 35.4 Å². The van der Waals surface area contributed by atoms with Gasteiger partial charge in [-0.1, -0.05) is 6.07 Å². The smallest absolute Gasteiger partial charge is 0.258 e. The largest absolute Gasteiger partial charge is 0.326 e. The number of nitrogens with one attached hydrogen (secondary N) is 2. The van der Waals surface area contributed by atoms with Crippen LogP contribution in [-0.4, -0.2) is 34.4 Å². The topological polar surface area (TPSA) is 71.3 Å². The number of hydrogen-bond donors (Lipinski definition) is 2. The third kappa shape index (κ3) is 5.73. The van der Waals surface area contributed by atoms with Gasteiger partial charge in [0.25, 0.3) is 5.91 Å². The molecular weight excluding hydrogens is 432 g/mol. The molecule has 0 atom stereocenters. The monoisotopic (exact) mass is 457 g/mol. The van der Waals surface area contributed by atoms with Gasteiger partial charge in [-0.15, -0.1) is 11.8 Å². The highest BCUT2D eigenvalue weighted by Crippen LogP contribution is 2.19. The zero-order valence-electron chi connectivity index (χ0n) is 18.4. The quantitative estimate of drug-likeness (QED) is 0.325. The molecule has 0 aliphatic rings. The second-order valence-corrected chi connectivity index (χ2v) is 8.07. The lowest BCUT2D eigenvalue weighted by atomic mass is 10.1. The Labute approximate surface area is 190 Å². The van der Waals surface area contributed by atoms with Crippen molar-refractivity contribution in [2.24, 2.45) is 12.0 Å². The number of carbonyl (C=O) groups excluding carboxylic acids is 1. The van der Waals surface area contributed by atoms with E-state index in [0.29, 0.717) is 13.0 Å². The number of hydrogen-bond acceptors (Lipinski definition) is 4. The van der Waals surface area contributed by atoms with Gasteiger partial charge in [-0.25, -0.2) is 8.78 Å². The first-order valence-corrected chi connectivity index (χ1v) is 11.2. The minimum Gasteiger partial charge on any atom is -0.326 e. The van der Waals surface area contributed by atoms with Crippen molar-refractivity contribution in [1.82, 2.24) is 15.1 Å². The van der Waals surface area contributed by atoms with Gasteiger partial charge in [0.15, 0.2) is 11.6 Å². The maximum atomic E-state index is 13.6. The number of halogens is 2. The molecule has 6 nitrogen and oxygen atoms in total. The van der Waals surface area contributed by atoms with Crippen LogP contribution >= 0.6 is 11.8 Å². The molecule has 1 heterocycles. The zero-order valence-corrected chi connectivity index (χ0v) is 19.2. The highest BCUT2D eigenvalue weighted by molar-refractivity contribution is 7.98. The zero-order chi connectivity index (χ0) is 23.3. The molecule has 0 saturated heterocycles. The van der Waals surface area contributed by atoms with Crippen molar-refractivity contribution in [3.05, 3.63) is 76.6 Å². The van der Waals surface area contributed by atoms with E-state index in [1.165, 1.54) is 6.07 Å². The van der Waals surface area contributed by atoms with Crippen LogP contribution in [0.1, 0.15) is 27.3 Å². The molecule has 2 aromatic carbocycles. The maximum Gasteiger partial charge on any atom is 0.258 e. The van der Waals surface area contributed by atoms with Gasteiger partial charge in [-0.3, -0.25) is 19.8 Å². The maximum absolute atomic E-state index is 13.6. The lowest BCUT2D eigenvalue weighted by molar-refractivity contribution is 0.0976. The molecule has 1 amide bonds. The molecule has 3 rings (SSSR count). The molecule has 0 bridgehead atoms. The lowest BCUT2D eigenvalue weighted by Crippen LogP contribution is -2.36. The van der Waals surface area contributed by atoms with Crippen molar-refractivity contribution in [3.8, 4) is 0 Å². The molecule has 2 N–H and O–H groups in total. The van der Waals surface area contributed by atoms with E-state index in [4.69, 9.17) is 0 Å². The molecule has 32 heavy (non-hydrogen) atoms. The van der Waals surface area contributed by atoms with Gasteiger partial charge in [0.1, 0.15) is 0 Å². The first-order valence-electron chi connectivity index (χ1n) is 9.99. The molecule has 1 aromatic heterocycles. The molecule has 9 heteroatoms. The van der Waals surface area contributed by atoms with Crippen molar-refractivity contribution in [3.63, 3.8) is 0 Å². The molecule has 0 radical (unpaired) electrons. The molecular formula is C23H25F2N5OS. The number of aryl methyl sites for hydroxylation is 2. The molecule has 0 fully saturated rings. The minimum absolute atomic E-state index is 0.00443. The lowest BCUT2D eigenvalue weighted by Gasteiger charge is -2.13. The van der Waals surface area contributed by atoms with Crippen molar-refractivity contribution < 1.29 is 13.6 Å². The Morgan fingerprint density at radius 3 is 2.59 bits per heavy atom. The van der Waals surface area contributed by atoms with E-state index in [-0.39, 0.29) is 11.5 Å². The van der Waals surface area contributed by atoms with Gasteiger partial charge in [-0.05, 0) is 68.5 Å². The Morgan fingerprint density at radius 1 is 1.16 bits per heavy atom. The molecule has 0 aliphatic heterocycles. The summed E-state index contributed by atoms with van der Waals surface area (Å²) in [5.74, 6) is -2.47. The molecule has 0 aliphatic carbocycles. The Morgan fingerprint density at radius 2 is 1.94 bits per heavy atom. The van der Waals surface area contributed by atoms with E-state index in [1.54, 1.807) is 11.8 Å². The number of carbonyl (C=O) groups is 1. The van der Waals surface area contributed by atoms with Crippen molar-refractivity contribution in [1.29, 1.82) is 0 Å². The fourth-order valence-electron chi connectivity index (χ4n) is 3.22. The molecule has 0 unspecified atom stereocenters. The average Bonchev–Trinajstić information content (AvgIpc) is 3.01. The molecule has 0 saturated carbocycles. The fraction of sp³-hybridized carbons (Fsp3) is 0.261. The van der Waals surface area contributed by atoms with E-state index < -0.39 is 17.5 Å². The number of thioether (sulfide) groups is 1. The van der Waals surface area contributed by atoms with Crippen LogP contribution in [0.5, 0.6) is 0 Å². The molecule has 168 valence electrons. The van der Waals surface area contributed by atoms with Crippen LogP contribution in [0.4, 0.5) is 14.5 Å². The first-order chi connectivity index (χ1) is 15.3. The number of guanidine groups is 1. The Hall–Kier alpha value is -3.20. The summed E-state index contributed by atoms with van der Waals surface area (Å²) in [7, 11) is 1.89. The van der Waals surface area contributed by atoms with Crippen molar-refractivity contribution in [2.75, 3.05) is 18.1 Å². The van der Waals surface area contributed by atoms with Crippen molar-refractivity contribution >= 4 is 29.3 Å². The van der Waals surface area contributed by atoms with Gasteiger partial charge in [-0.2, -0.15) is 5.10 Å². The summed E-state index contributed by atoms with van der Waals surface area (Å²) >= 11 is 1.59. The summed E-state index contributed by atoms with van der Waals surface area (Å²) in [5.41, 5.74) is 3.84. The van der Waals surface area contributed by atoms with E-state index >= 15 is 0 Å². The Balaban J connectivity index is 1.81. The van der Waals surface area contributed by atoms with Crippen molar-refractivity contribution in [2.45, 2.75) is 25.2 Å². The molecule has 3 aromatic rings. The number of anilines is 1. The summed E-state index contributed by atoms with van der Waals surface area (Å²) < 4.78 is 28.6. The summed E-state index contributed by atoms with van der Waals surface area (Å²) in [5, 5.41) is 10.2. The van der Waals surface area contributed by atoms with Crippen LogP contribution in [-0.2, 0) is 13.5 Å². The predicted octanol–water partition coefficient (Wildman–Crippen LogP) is 4.48. The van der Waals surface area contributed by atoms with Crippen LogP contribution < -0.4 is 10.6 Å². The van der Waals surface area contributed by atoms with Gasteiger partial charge in [0.05, 0.1) is 5.69 Å². The summed E-state index contributed by atoms with van der Waals surface area (Å²) in [6, 6.07) is 10.7. The number of rotatable bonds is 6. The van der Waals surface area contributed by atoms with Gasteiger partial charge < -0.3 is 5.32 Å². The van der Waals surface area contributed by atoms with E-state index in [9.17, 15) is 13.6 Å². The standard InChI is InChI=1S/C23H25F2N5OS/c1-14-19(15(2)30(3)29-14)10-11-26-23(27-17-6-5-7-18(13-17)32-4)28-22(31)16-8-9-20(24)21(25)12-16/h5-9,12-13H,10-11H2,1-4H3,(H2,26,27,28,31). The number of nitrogens with zero attached hydrogens (tertiary/aromatic N) is 3. The summed E-state index contributed by atoms with van der Waals surface area (Å²) in [6.45, 7) is 4.34. The third-order valence-electron chi connectivity index (χ3n) is 5.04. The van der Waals surface area contributed by atoms with Gasteiger partial charge in [0.2, 0.25) is 5.96 Å². The van der Waals surface area contributed by atoms with Crippen LogP contribution in [0.15, 0.2) is 52.4 Å². The second-order valence-electron chi connectivity index (χ2n) is 7.19. The average molecular weight is 458 g/mol. The third-order valence-corrected chi connectivity index (χ3v) is 5.76. The normalized spacial score (nSPS) is 11.5. The second kappa shape index (κ2) is 10.4. The highest BCUT2D eigenvalue weighted by atomic mass is 32.2. The number of aromatic nitrogens is 2. The van der Waals surface area contributed by atoms with Crippen LogP contribution in [0, 0.1) is 25.5 Å². The van der Waals surface area contributed by atoms with E-state index in [2.05, 4.69) is 20.7 Å². The van der Waals surface area contributed by atoms with E-state index in [0.717, 1.165) is 39.7 Å². The summed E-state index contributed by atoms with van der Waals surface area (Å²) in [4.78, 5) is 18.2. The summed E-state index contributed by atoms with van der Waals surface area (Å²) in [6.07, 6.45) is 2.61. The highest BCUT2D eigenvalue weighted by Gasteiger charge is 2.13. The number of aliphatic imine (C=N–C) groups is 1. The first kappa shape index (κ1) is 23.5. The van der Waals surface area contributed by atoms with Crippen LogP contribution in [0.2, 0.25) is 0 Å². The molecule has 0 spiro atoms. The minimum atomic E-state index is -1.08. The SMILES string of the molecule is CSc1cccc(NC(=NCCc2c(C)nn(C)c2C)NC(=O)c2ccc(F)c(F)c2)c1. The van der Waals surface area contributed by atoms with Crippen LogP contribution in [0.3, 0.4) is 0 Å². The number of amides is 1. The fourth-order valence-corrected chi connectivity index (χ4v) is 3.68.